The summed E-state index contributed by atoms with van der Waals surface area (Å²) in [5.41, 5.74) is 5.10. The van der Waals surface area contributed by atoms with Gasteiger partial charge in [-0.1, -0.05) is 66.3 Å². The molecular formula is C20H21N. The van der Waals surface area contributed by atoms with Crippen LogP contribution >= 0.6 is 0 Å². The topological polar surface area (TPSA) is 3.24 Å². The molecule has 0 radical (unpaired) electrons. The Morgan fingerprint density at radius 1 is 0.857 bits per heavy atom. The second-order valence-electron chi connectivity index (χ2n) is 5.64. The van der Waals surface area contributed by atoms with Crippen LogP contribution in [0, 0.1) is 6.92 Å². The molecule has 1 aliphatic carbocycles. The van der Waals surface area contributed by atoms with Crippen molar-refractivity contribution in [3.8, 4) is 11.1 Å². The van der Waals surface area contributed by atoms with Crippen molar-refractivity contribution in [3.63, 3.8) is 0 Å². The summed E-state index contributed by atoms with van der Waals surface area (Å²) in [4.78, 5) is 2.33. The van der Waals surface area contributed by atoms with Crippen molar-refractivity contribution in [2.75, 3.05) is 11.9 Å². The third-order valence-corrected chi connectivity index (χ3v) is 4.11. The number of hydrogen-bond acceptors (Lipinski definition) is 1. The quantitative estimate of drug-likeness (QED) is 0.763. The van der Waals surface area contributed by atoms with Crippen molar-refractivity contribution in [2.45, 2.75) is 19.4 Å². The molecule has 0 aromatic heterocycles. The molecule has 0 heterocycles. The minimum atomic E-state index is 0.459. The molecule has 0 aliphatic heterocycles. The van der Waals surface area contributed by atoms with E-state index in [1.54, 1.807) is 0 Å². The lowest BCUT2D eigenvalue weighted by Crippen LogP contribution is -2.29. The predicted molar refractivity (Wildman–Crippen MR) is 91.7 cm³/mol. The summed E-state index contributed by atoms with van der Waals surface area (Å²) >= 11 is 0. The zero-order valence-electron chi connectivity index (χ0n) is 12.7. The largest absolute Gasteiger partial charge is 0.368 e. The Bertz CT molecular complexity index is 647. The van der Waals surface area contributed by atoms with Crippen LogP contribution in [0.3, 0.4) is 0 Å². The van der Waals surface area contributed by atoms with E-state index in [2.05, 4.69) is 91.7 Å². The van der Waals surface area contributed by atoms with Crippen molar-refractivity contribution in [2.24, 2.45) is 0 Å². The fourth-order valence-corrected chi connectivity index (χ4v) is 2.68. The first-order valence-electron chi connectivity index (χ1n) is 7.47. The maximum atomic E-state index is 2.33. The van der Waals surface area contributed by atoms with Crippen molar-refractivity contribution in [1.29, 1.82) is 0 Å². The Hall–Kier alpha value is -2.28. The molecule has 1 nitrogen and oxygen atoms in total. The second-order valence-corrected chi connectivity index (χ2v) is 5.64. The fourth-order valence-electron chi connectivity index (χ4n) is 2.68. The third-order valence-electron chi connectivity index (χ3n) is 4.11. The van der Waals surface area contributed by atoms with Gasteiger partial charge in [0.25, 0.3) is 0 Å². The van der Waals surface area contributed by atoms with Crippen LogP contribution in [-0.4, -0.2) is 13.1 Å². The normalized spacial score (nSPS) is 17.0. The molecule has 0 spiro atoms. The van der Waals surface area contributed by atoms with Gasteiger partial charge in [0.2, 0.25) is 0 Å². The number of anilines is 1. The lowest BCUT2D eigenvalue weighted by Gasteiger charge is -2.28. The smallest absolute Gasteiger partial charge is 0.0507 e. The van der Waals surface area contributed by atoms with Crippen molar-refractivity contribution in [3.05, 3.63) is 78.4 Å². The molecule has 0 saturated carbocycles. The number of nitrogens with zero attached hydrogens (tertiary/aromatic N) is 1. The Morgan fingerprint density at radius 3 is 2.05 bits per heavy atom. The van der Waals surface area contributed by atoms with Crippen LogP contribution in [0.4, 0.5) is 5.69 Å². The highest BCUT2D eigenvalue weighted by Gasteiger charge is 2.12. The van der Waals surface area contributed by atoms with Crippen LogP contribution in [0.1, 0.15) is 12.0 Å². The average Bonchev–Trinajstić information content (AvgIpc) is 2.56. The second kappa shape index (κ2) is 6.01. The lowest BCUT2D eigenvalue weighted by molar-refractivity contribution is 0.754. The molecule has 3 rings (SSSR count). The highest BCUT2D eigenvalue weighted by atomic mass is 15.1. The zero-order chi connectivity index (χ0) is 14.7. The monoisotopic (exact) mass is 275 g/mol. The van der Waals surface area contributed by atoms with Gasteiger partial charge in [0.15, 0.2) is 0 Å². The fraction of sp³-hybridized carbons (Fsp3) is 0.200. The van der Waals surface area contributed by atoms with E-state index < -0.39 is 0 Å². The SMILES string of the molecule is Cc1ccc(-c2ccc(N(C)C3C=CC=CC3)cc2)cc1. The van der Waals surface area contributed by atoms with Gasteiger partial charge in [0.05, 0.1) is 6.04 Å². The molecule has 1 atom stereocenters. The molecule has 0 saturated heterocycles. The summed E-state index contributed by atoms with van der Waals surface area (Å²) in [7, 11) is 2.16. The van der Waals surface area contributed by atoms with Gasteiger partial charge in [-0.3, -0.25) is 0 Å². The van der Waals surface area contributed by atoms with E-state index in [0.717, 1.165) is 6.42 Å². The van der Waals surface area contributed by atoms with Crippen LogP contribution in [0.5, 0.6) is 0 Å². The first kappa shape index (κ1) is 13.7. The van der Waals surface area contributed by atoms with Crippen molar-refractivity contribution >= 4 is 5.69 Å². The lowest BCUT2D eigenvalue weighted by atomic mass is 10.0. The van der Waals surface area contributed by atoms with Gasteiger partial charge in [-0.05, 0) is 36.6 Å². The van der Waals surface area contributed by atoms with E-state index >= 15 is 0 Å². The number of hydrogen-bond donors (Lipinski definition) is 0. The molecule has 2 aromatic carbocycles. The molecule has 0 bridgehead atoms. The van der Waals surface area contributed by atoms with Gasteiger partial charge in [0, 0.05) is 12.7 Å². The average molecular weight is 275 g/mol. The van der Waals surface area contributed by atoms with Crippen LogP contribution in [0.15, 0.2) is 72.8 Å². The Labute approximate surface area is 127 Å². The summed E-state index contributed by atoms with van der Waals surface area (Å²) in [5.74, 6) is 0. The standard InChI is InChI=1S/C20H21N/c1-16-8-10-17(11-9-16)18-12-14-20(15-13-18)21(2)19-6-4-3-5-7-19/h3-6,8-15,19H,7H2,1-2H3. The minimum absolute atomic E-state index is 0.459. The molecule has 106 valence electrons. The van der Waals surface area contributed by atoms with Gasteiger partial charge in [0.1, 0.15) is 0 Å². The number of likely N-dealkylation sites (N-methyl/N-ethyl adjacent to an activating group) is 1. The van der Waals surface area contributed by atoms with Crippen molar-refractivity contribution in [1.82, 2.24) is 0 Å². The van der Waals surface area contributed by atoms with E-state index in [0.29, 0.717) is 6.04 Å². The maximum Gasteiger partial charge on any atom is 0.0507 e. The van der Waals surface area contributed by atoms with Crippen LogP contribution in [0.25, 0.3) is 11.1 Å². The minimum Gasteiger partial charge on any atom is -0.368 e. The van der Waals surface area contributed by atoms with E-state index in [1.807, 2.05) is 0 Å². The molecule has 0 N–H and O–H groups in total. The van der Waals surface area contributed by atoms with Crippen molar-refractivity contribution < 1.29 is 0 Å². The molecule has 0 fully saturated rings. The summed E-state index contributed by atoms with van der Waals surface area (Å²) in [5, 5.41) is 0. The molecule has 1 aliphatic rings. The number of allylic oxidation sites excluding steroid dienone is 2. The summed E-state index contributed by atoms with van der Waals surface area (Å²) in [6, 6.07) is 18.0. The molecule has 1 unspecified atom stereocenters. The van der Waals surface area contributed by atoms with E-state index in [4.69, 9.17) is 0 Å². The highest BCUT2D eigenvalue weighted by molar-refractivity contribution is 5.66. The van der Waals surface area contributed by atoms with Gasteiger partial charge < -0.3 is 4.90 Å². The summed E-state index contributed by atoms with van der Waals surface area (Å²) in [6.45, 7) is 2.12. The van der Waals surface area contributed by atoms with Gasteiger partial charge in [-0.2, -0.15) is 0 Å². The maximum absolute atomic E-state index is 2.33. The van der Waals surface area contributed by atoms with E-state index in [1.165, 1.54) is 22.4 Å². The number of aryl methyl sites for hydroxylation is 1. The van der Waals surface area contributed by atoms with E-state index in [9.17, 15) is 0 Å². The Morgan fingerprint density at radius 2 is 1.48 bits per heavy atom. The molecule has 0 amide bonds. The van der Waals surface area contributed by atoms with Gasteiger partial charge >= 0.3 is 0 Å². The van der Waals surface area contributed by atoms with Crippen LogP contribution in [0.2, 0.25) is 0 Å². The highest BCUT2D eigenvalue weighted by Crippen LogP contribution is 2.25. The van der Waals surface area contributed by atoms with Crippen LogP contribution < -0.4 is 4.90 Å². The molecule has 21 heavy (non-hydrogen) atoms. The molecule has 2 aromatic rings. The van der Waals surface area contributed by atoms with Gasteiger partial charge in [-0.15, -0.1) is 0 Å². The zero-order valence-corrected chi connectivity index (χ0v) is 12.7. The Kier molecular flexibility index (Phi) is 3.92. The first-order chi connectivity index (χ1) is 10.2. The number of rotatable bonds is 3. The van der Waals surface area contributed by atoms with Gasteiger partial charge in [-0.25, -0.2) is 0 Å². The third kappa shape index (κ3) is 3.08. The number of benzene rings is 2. The van der Waals surface area contributed by atoms with E-state index in [-0.39, 0.29) is 0 Å². The summed E-state index contributed by atoms with van der Waals surface area (Å²) in [6.07, 6.45) is 9.80. The Balaban J connectivity index is 1.79. The predicted octanol–water partition coefficient (Wildman–Crippen LogP) is 4.98. The first-order valence-corrected chi connectivity index (χ1v) is 7.47. The van der Waals surface area contributed by atoms with Crippen LogP contribution in [-0.2, 0) is 0 Å². The molecular weight excluding hydrogens is 254 g/mol. The molecule has 1 heteroatoms. The summed E-state index contributed by atoms with van der Waals surface area (Å²) < 4.78 is 0.